The van der Waals surface area contributed by atoms with Crippen molar-refractivity contribution in [1.82, 2.24) is 19.3 Å². The minimum absolute atomic E-state index is 0.107. The molecule has 26 heavy (non-hydrogen) atoms. The van der Waals surface area contributed by atoms with Crippen LogP contribution in [0.4, 0.5) is 5.82 Å². The Kier molecular flexibility index (Phi) is 3.66. The Bertz CT molecular complexity index is 962. The monoisotopic (exact) mass is 355 g/mol. The van der Waals surface area contributed by atoms with Crippen LogP contribution in [0.3, 0.4) is 0 Å². The van der Waals surface area contributed by atoms with Crippen molar-refractivity contribution in [2.24, 2.45) is 0 Å². The number of aryl methyl sites for hydroxylation is 2. The summed E-state index contributed by atoms with van der Waals surface area (Å²) >= 11 is 0. The first-order valence-electron chi connectivity index (χ1n) is 9.24. The van der Waals surface area contributed by atoms with E-state index in [0.717, 1.165) is 43.4 Å². The van der Waals surface area contributed by atoms with Crippen LogP contribution in [0.1, 0.15) is 42.6 Å². The molecule has 5 rings (SSSR count). The molecule has 2 fully saturated rings. The molecule has 2 aromatic rings. The molecule has 8 heteroatoms. The lowest BCUT2D eigenvalue weighted by atomic mass is 10.1. The maximum absolute atomic E-state index is 12.6. The van der Waals surface area contributed by atoms with Crippen molar-refractivity contribution in [1.29, 1.82) is 0 Å². The molecule has 0 radical (unpaired) electrons. The molecule has 1 saturated carbocycles. The third kappa shape index (κ3) is 2.65. The summed E-state index contributed by atoms with van der Waals surface area (Å²) in [6.07, 6.45) is 8.33. The van der Waals surface area contributed by atoms with Crippen LogP contribution in [-0.2, 0) is 17.6 Å². The van der Waals surface area contributed by atoms with Crippen molar-refractivity contribution >= 4 is 5.82 Å². The average Bonchev–Trinajstić information content (AvgIpc) is 3.20. The van der Waals surface area contributed by atoms with Crippen molar-refractivity contribution in [3.05, 3.63) is 50.4 Å². The molecule has 2 atom stereocenters. The first-order chi connectivity index (χ1) is 12.7. The van der Waals surface area contributed by atoms with E-state index in [-0.39, 0.29) is 23.2 Å². The Labute approximate surface area is 149 Å². The largest absolute Gasteiger partial charge is 0.377 e. The number of ether oxygens (including phenoxy) is 1. The van der Waals surface area contributed by atoms with Crippen LogP contribution in [0.25, 0.3) is 0 Å². The summed E-state index contributed by atoms with van der Waals surface area (Å²) in [6.45, 7) is 0.808. The standard InChI is InChI=1S/C18H21N5O3/c24-16-8-11-2-1-3-13(11)21-23(16)15-10-26-9-14(15)20-17-18(25)22(7-6-19-17)12-4-5-12/h6-8,12,14-15H,1-5,9-10H2,(H,19,20). The first-order valence-corrected chi connectivity index (χ1v) is 9.24. The number of aromatic nitrogens is 4. The van der Waals surface area contributed by atoms with Crippen LogP contribution < -0.4 is 16.4 Å². The van der Waals surface area contributed by atoms with E-state index in [9.17, 15) is 9.59 Å². The van der Waals surface area contributed by atoms with E-state index in [1.165, 1.54) is 4.68 Å². The Hall–Kier alpha value is -2.48. The summed E-state index contributed by atoms with van der Waals surface area (Å²) < 4.78 is 8.86. The van der Waals surface area contributed by atoms with Crippen molar-refractivity contribution < 1.29 is 4.74 Å². The lowest BCUT2D eigenvalue weighted by Gasteiger charge is -2.21. The van der Waals surface area contributed by atoms with Crippen LogP contribution in [-0.4, -0.2) is 38.6 Å². The smallest absolute Gasteiger partial charge is 0.293 e. The highest BCUT2D eigenvalue weighted by atomic mass is 16.5. The number of hydrogen-bond acceptors (Lipinski definition) is 6. The molecule has 2 aromatic heterocycles. The van der Waals surface area contributed by atoms with Crippen molar-refractivity contribution in [2.75, 3.05) is 18.5 Å². The molecule has 8 nitrogen and oxygen atoms in total. The minimum Gasteiger partial charge on any atom is -0.377 e. The predicted octanol–water partition coefficient (Wildman–Crippen LogP) is 0.676. The summed E-state index contributed by atoms with van der Waals surface area (Å²) in [7, 11) is 0. The fourth-order valence-corrected chi connectivity index (χ4v) is 3.91. The minimum atomic E-state index is -0.246. The molecule has 1 saturated heterocycles. The maximum atomic E-state index is 12.6. The van der Waals surface area contributed by atoms with Gasteiger partial charge in [0.25, 0.3) is 11.1 Å². The van der Waals surface area contributed by atoms with Crippen LogP contribution in [0.15, 0.2) is 28.0 Å². The molecular formula is C18H21N5O3. The molecule has 2 unspecified atom stereocenters. The number of nitrogens with zero attached hydrogens (tertiary/aromatic N) is 4. The second-order valence-electron chi connectivity index (χ2n) is 7.33. The second kappa shape index (κ2) is 6.05. The molecule has 3 heterocycles. The molecule has 0 aromatic carbocycles. The van der Waals surface area contributed by atoms with Crippen LogP contribution in [0, 0.1) is 0 Å². The van der Waals surface area contributed by atoms with Crippen LogP contribution in [0.5, 0.6) is 0 Å². The number of nitrogens with one attached hydrogen (secondary N) is 1. The molecule has 0 amide bonds. The SMILES string of the molecule is O=c1c(NC2COCC2n2nc3c(cc2=O)CCC3)nccn1C1CC1. The molecule has 0 bridgehead atoms. The highest BCUT2D eigenvalue weighted by Crippen LogP contribution is 2.33. The van der Waals surface area contributed by atoms with Gasteiger partial charge in [0.2, 0.25) is 0 Å². The van der Waals surface area contributed by atoms with Gasteiger partial charge in [-0.25, -0.2) is 9.67 Å². The zero-order valence-electron chi connectivity index (χ0n) is 14.4. The lowest BCUT2D eigenvalue weighted by molar-refractivity contribution is 0.182. The topological polar surface area (TPSA) is 91.0 Å². The first kappa shape index (κ1) is 15.7. The second-order valence-corrected chi connectivity index (χ2v) is 7.33. The van der Waals surface area contributed by atoms with Gasteiger partial charge in [-0.15, -0.1) is 0 Å². The van der Waals surface area contributed by atoms with Gasteiger partial charge in [0, 0.05) is 24.5 Å². The van der Waals surface area contributed by atoms with Gasteiger partial charge in [0.15, 0.2) is 5.82 Å². The fourth-order valence-electron chi connectivity index (χ4n) is 3.91. The van der Waals surface area contributed by atoms with E-state index in [1.54, 1.807) is 23.0 Å². The van der Waals surface area contributed by atoms with Gasteiger partial charge in [-0.1, -0.05) is 0 Å². The van der Waals surface area contributed by atoms with E-state index in [0.29, 0.717) is 25.1 Å². The van der Waals surface area contributed by atoms with Crippen LogP contribution in [0.2, 0.25) is 0 Å². The molecule has 3 aliphatic rings. The number of hydrogen-bond donors (Lipinski definition) is 1. The fraction of sp³-hybridized carbons (Fsp3) is 0.556. The highest BCUT2D eigenvalue weighted by molar-refractivity contribution is 5.34. The zero-order chi connectivity index (χ0) is 17.7. The quantitative estimate of drug-likeness (QED) is 0.867. The molecular weight excluding hydrogens is 334 g/mol. The number of rotatable bonds is 4. The summed E-state index contributed by atoms with van der Waals surface area (Å²) in [6, 6.07) is 1.53. The number of anilines is 1. The molecule has 2 aliphatic carbocycles. The predicted molar refractivity (Wildman–Crippen MR) is 94.6 cm³/mol. The van der Waals surface area contributed by atoms with E-state index < -0.39 is 0 Å². The molecule has 1 aliphatic heterocycles. The van der Waals surface area contributed by atoms with E-state index in [2.05, 4.69) is 15.4 Å². The summed E-state index contributed by atoms with van der Waals surface area (Å²) in [5.74, 6) is 0.314. The normalized spacial score (nSPS) is 24.6. The van der Waals surface area contributed by atoms with E-state index in [4.69, 9.17) is 4.74 Å². The van der Waals surface area contributed by atoms with E-state index in [1.807, 2.05) is 0 Å². The lowest BCUT2D eigenvalue weighted by Crippen LogP contribution is -2.39. The van der Waals surface area contributed by atoms with Gasteiger partial charge in [-0.3, -0.25) is 9.59 Å². The highest BCUT2D eigenvalue weighted by Gasteiger charge is 2.33. The third-order valence-corrected chi connectivity index (χ3v) is 5.48. The van der Waals surface area contributed by atoms with Crippen molar-refractivity contribution in [3.63, 3.8) is 0 Å². The Morgan fingerprint density at radius 1 is 1.19 bits per heavy atom. The van der Waals surface area contributed by atoms with Gasteiger partial charge in [-0.05, 0) is 37.7 Å². The summed E-state index contributed by atoms with van der Waals surface area (Å²) in [5, 5.41) is 7.79. The third-order valence-electron chi connectivity index (χ3n) is 5.48. The Balaban J connectivity index is 1.44. The van der Waals surface area contributed by atoms with Gasteiger partial charge in [0.05, 0.1) is 24.9 Å². The van der Waals surface area contributed by atoms with Gasteiger partial charge in [0.1, 0.15) is 6.04 Å². The van der Waals surface area contributed by atoms with Crippen molar-refractivity contribution in [2.45, 2.75) is 50.2 Å². The molecule has 0 spiro atoms. The van der Waals surface area contributed by atoms with Crippen molar-refractivity contribution in [3.8, 4) is 0 Å². The maximum Gasteiger partial charge on any atom is 0.293 e. The average molecular weight is 355 g/mol. The summed E-state index contributed by atoms with van der Waals surface area (Å²) in [4.78, 5) is 29.3. The Morgan fingerprint density at radius 3 is 2.92 bits per heavy atom. The zero-order valence-corrected chi connectivity index (χ0v) is 14.4. The Morgan fingerprint density at radius 2 is 2.08 bits per heavy atom. The number of fused-ring (bicyclic) bond motifs is 1. The van der Waals surface area contributed by atoms with Gasteiger partial charge < -0.3 is 14.6 Å². The molecule has 1 N–H and O–H groups in total. The van der Waals surface area contributed by atoms with Crippen LogP contribution >= 0.6 is 0 Å². The van der Waals surface area contributed by atoms with Gasteiger partial charge in [-0.2, -0.15) is 5.10 Å². The summed E-state index contributed by atoms with van der Waals surface area (Å²) in [5.41, 5.74) is 1.84. The van der Waals surface area contributed by atoms with E-state index >= 15 is 0 Å². The molecule has 136 valence electrons. The van der Waals surface area contributed by atoms with Gasteiger partial charge >= 0.3 is 0 Å².